The molecule has 1 N–H and O–H groups in total. The van der Waals surface area contributed by atoms with E-state index < -0.39 is 10.0 Å². The average Bonchev–Trinajstić information content (AvgIpc) is 2.26. The Morgan fingerprint density at radius 2 is 2.17 bits per heavy atom. The summed E-state index contributed by atoms with van der Waals surface area (Å²) in [6.07, 6.45) is 0.201. The Hall–Kier alpha value is -1.14. The van der Waals surface area contributed by atoms with E-state index in [0.717, 1.165) is 0 Å². The Kier molecular flexibility index (Phi) is 5.55. The van der Waals surface area contributed by atoms with Crippen LogP contribution in [0.25, 0.3) is 0 Å². The van der Waals surface area contributed by atoms with Crippen LogP contribution in [0.3, 0.4) is 0 Å². The van der Waals surface area contributed by atoms with Crippen molar-refractivity contribution >= 4 is 10.0 Å². The topological polar surface area (TPSA) is 55.4 Å². The summed E-state index contributed by atoms with van der Waals surface area (Å²) < 4.78 is 43.6. The van der Waals surface area contributed by atoms with Crippen LogP contribution in [0, 0.1) is 5.82 Å². The van der Waals surface area contributed by atoms with Crippen molar-refractivity contribution in [3.05, 3.63) is 30.1 Å². The second kappa shape index (κ2) is 6.70. The van der Waals surface area contributed by atoms with E-state index in [2.05, 4.69) is 4.72 Å². The predicted molar refractivity (Wildman–Crippen MR) is 68.6 cm³/mol. The molecule has 0 aliphatic heterocycles. The molecule has 1 aromatic carbocycles. The number of sulfonamides is 1. The fraction of sp³-hybridized carbons (Fsp3) is 0.500. The zero-order chi connectivity index (χ0) is 13.6. The highest BCUT2D eigenvalue weighted by Crippen LogP contribution is 2.13. The lowest BCUT2D eigenvalue weighted by atomic mass is 10.3. The molecule has 4 nitrogen and oxygen atoms in total. The quantitative estimate of drug-likeness (QED) is 0.827. The molecular weight excluding hydrogens is 257 g/mol. The van der Waals surface area contributed by atoms with Crippen molar-refractivity contribution in [2.24, 2.45) is 0 Å². The summed E-state index contributed by atoms with van der Waals surface area (Å²) in [5.74, 6) is 0.100. The number of ether oxygens (including phenoxy) is 1. The van der Waals surface area contributed by atoms with E-state index in [1.165, 1.54) is 12.1 Å². The maximum absolute atomic E-state index is 12.9. The van der Waals surface area contributed by atoms with Gasteiger partial charge >= 0.3 is 0 Å². The molecular formula is C12H18FNO3S. The summed E-state index contributed by atoms with van der Waals surface area (Å²) in [4.78, 5) is 0. The zero-order valence-electron chi connectivity index (χ0n) is 10.5. The number of benzene rings is 1. The fourth-order valence-corrected chi connectivity index (χ4v) is 2.57. The highest BCUT2D eigenvalue weighted by Gasteiger charge is 2.11. The Labute approximate surface area is 107 Å². The molecule has 1 aromatic rings. The molecule has 0 aromatic heterocycles. The molecule has 0 aliphatic carbocycles. The van der Waals surface area contributed by atoms with Crippen LogP contribution in [0.4, 0.5) is 4.39 Å². The molecule has 0 aliphatic rings. The number of nitrogens with one attached hydrogen (secondary N) is 1. The van der Waals surface area contributed by atoms with Crippen LogP contribution < -0.4 is 9.46 Å². The molecule has 0 radical (unpaired) electrons. The van der Waals surface area contributed by atoms with E-state index in [-0.39, 0.29) is 24.2 Å². The molecule has 1 unspecified atom stereocenters. The largest absolute Gasteiger partial charge is 0.489 e. The Morgan fingerprint density at radius 3 is 2.78 bits per heavy atom. The van der Waals surface area contributed by atoms with Crippen molar-refractivity contribution in [3.8, 4) is 5.75 Å². The average molecular weight is 275 g/mol. The van der Waals surface area contributed by atoms with E-state index in [9.17, 15) is 12.8 Å². The standard InChI is InChI=1S/C12H18FNO3S/c1-3-7-18(15,16)14-9-10(2)17-12-6-4-5-11(13)8-12/h4-6,8,10,14H,3,7,9H2,1-2H3. The first-order valence-corrected chi connectivity index (χ1v) is 7.47. The molecule has 0 saturated heterocycles. The summed E-state index contributed by atoms with van der Waals surface area (Å²) in [6, 6.07) is 5.75. The van der Waals surface area contributed by atoms with Crippen LogP contribution >= 0.6 is 0 Å². The van der Waals surface area contributed by atoms with Crippen LogP contribution in [0.5, 0.6) is 5.75 Å². The SMILES string of the molecule is CCCS(=O)(=O)NCC(C)Oc1cccc(F)c1. The second-order valence-electron chi connectivity index (χ2n) is 4.05. The van der Waals surface area contributed by atoms with Gasteiger partial charge in [0, 0.05) is 12.6 Å². The van der Waals surface area contributed by atoms with Crippen LogP contribution in [0.15, 0.2) is 24.3 Å². The second-order valence-corrected chi connectivity index (χ2v) is 5.98. The molecule has 1 rings (SSSR count). The van der Waals surface area contributed by atoms with E-state index in [1.807, 2.05) is 0 Å². The Balaban J connectivity index is 2.45. The third-order valence-corrected chi connectivity index (χ3v) is 3.75. The molecule has 0 amide bonds. The van der Waals surface area contributed by atoms with Gasteiger partial charge in [-0.2, -0.15) is 0 Å². The van der Waals surface area contributed by atoms with Crippen LogP contribution in [0.1, 0.15) is 20.3 Å². The smallest absolute Gasteiger partial charge is 0.211 e. The van der Waals surface area contributed by atoms with Gasteiger partial charge in [-0.15, -0.1) is 0 Å². The van der Waals surface area contributed by atoms with Gasteiger partial charge in [0.05, 0.1) is 5.75 Å². The number of halogens is 1. The van der Waals surface area contributed by atoms with Crippen molar-refractivity contribution < 1.29 is 17.5 Å². The first kappa shape index (κ1) is 14.9. The van der Waals surface area contributed by atoms with Gasteiger partial charge < -0.3 is 4.74 Å². The monoisotopic (exact) mass is 275 g/mol. The van der Waals surface area contributed by atoms with Crippen molar-refractivity contribution in [2.45, 2.75) is 26.4 Å². The number of rotatable bonds is 7. The lowest BCUT2D eigenvalue weighted by Crippen LogP contribution is -2.34. The first-order chi connectivity index (χ1) is 8.43. The summed E-state index contributed by atoms with van der Waals surface area (Å²) >= 11 is 0. The van der Waals surface area contributed by atoms with E-state index >= 15 is 0 Å². The van der Waals surface area contributed by atoms with Crippen LogP contribution in [-0.2, 0) is 10.0 Å². The van der Waals surface area contributed by atoms with Gasteiger partial charge in [0.2, 0.25) is 10.0 Å². The summed E-state index contributed by atoms with van der Waals surface area (Å²) in [6.45, 7) is 3.68. The molecule has 6 heteroatoms. The normalized spacial score (nSPS) is 13.3. The van der Waals surface area contributed by atoms with Crippen molar-refractivity contribution in [1.82, 2.24) is 4.72 Å². The lowest BCUT2D eigenvalue weighted by Gasteiger charge is -2.15. The van der Waals surface area contributed by atoms with Crippen molar-refractivity contribution in [2.75, 3.05) is 12.3 Å². The zero-order valence-corrected chi connectivity index (χ0v) is 11.3. The van der Waals surface area contributed by atoms with Gasteiger partial charge in [-0.3, -0.25) is 0 Å². The summed E-state index contributed by atoms with van der Waals surface area (Å²) in [5.41, 5.74) is 0. The van der Waals surface area contributed by atoms with Gasteiger partial charge in [0.1, 0.15) is 17.7 Å². The first-order valence-electron chi connectivity index (χ1n) is 5.82. The summed E-state index contributed by atoms with van der Waals surface area (Å²) in [7, 11) is -3.23. The van der Waals surface area contributed by atoms with E-state index in [4.69, 9.17) is 4.74 Å². The minimum Gasteiger partial charge on any atom is -0.489 e. The third kappa shape index (κ3) is 5.46. The van der Waals surface area contributed by atoms with E-state index in [1.54, 1.807) is 26.0 Å². The highest BCUT2D eigenvalue weighted by atomic mass is 32.2. The van der Waals surface area contributed by atoms with Gasteiger partial charge in [-0.1, -0.05) is 13.0 Å². The number of hydrogen-bond acceptors (Lipinski definition) is 3. The Morgan fingerprint density at radius 1 is 1.44 bits per heavy atom. The molecule has 0 fully saturated rings. The van der Waals surface area contributed by atoms with E-state index in [0.29, 0.717) is 12.2 Å². The third-order valence-electron chi connectivity index (χ3n) is 2.20. The molecule has 0 heterocycles. The molecule has 0 bridgehead atoms. The highest BCUT2D eigenvalue weighted by molar-refractivity contribution is 7.89. The minimum atomic E-state index is -3.23. The lowest BCUT2D eigenvalue weighted by molar-refractivity contribution is 0.224. The Bertz CT molecular complexity index is 476. The van der Waals surface area contributed by atoms with Gasteiger partial charge in [0.25, 0.3) is 0 Å². The fourth-order valence-electron chi connectivity index (χ4n) is 1.40. The van der Waals surface area contributed by atoms with Crippen molar-refractivity contribution in [1.29, 1.82) is 0 Å². The van der Waals surface area contributed by atoms with Crippen LogP contribution in [0.2, 0.25) is 0 Å². The van der Waals surface area contributed by atoms with Gasteiger partial charge in [0.15, 0.2) is 0 Å². The molecule has 102 valence electrons. The van der Waals surface area contributed by atoms with Crippen LogP contribution in [-0.4, -0.2) is 26.8 Å². The molecule has 18 heavy (non-hydrogen) atoms. The summed E-state index contributed by atoms with van der Waals surface area (Å²) in [5, 5.41) is 0. The molecule has 1 atom stereocenters. The van der Waals surface area contributed by atoms with Gasteiger partial charge in [-0.05, 0) is 25.5 Å². The minimum absolute atomic E-state index is 0.0969. The maximum atomic E-state index is 12.9. The molecule has 0 saturated carbocycles. The predicted octanol–water partition coefficient (Wildman–Crippen LogP) is 1.92. The maximum Gasteiger partial charge on any atom is 0.211 e. The number of hydrogen-bond donors (Lipinski definition) is 1. The molecule has 0 spiro atoms. The van der Waals surface area contributed by atoms with Gasteiger partial charge in [-0.25, -0.2) is 17.5 Å². The van der Waals surface area contributed by atoms with Crippen molar-refractivity contribution in [3.63, 3.8) is 0 Å².